The van der Waals surface area contributed by atoms with E-state index in [4.69, 9.17) is 4.74 Å². The Hall–Kier alpha value is -1.75. The third-order valence-electron chi connectivity index (χ3n) is 3.20. The summed E-state index contributed by atoms with van der Waals surface area (Å²) in [6.45, 7) is 5.71. The molecule has 0 heterocycles. The van der Waals surface area contributed by atoms with E-state index in [-0.39, 0.29) is 18.5 Å². The van der Waals surface area contributed by atoms with Crippen molar-refractivity contribution < 1.29 is 14.6 Å². The molecule has 0 unspecified atom stereocenters. The van der Waals surface area contributed by atoms with Gasteiger partial charge in [0.25, 0.3) is 0 Å². The van der Waals surface area contributed by atoms with Gasteiger partial charge in [0.15, 0.2) is 0 Å². The highest BCUT2D eigenvalue weighted by Crippen LogP contribution is 2.16. The van der Waals surface area contributed by atoms with Gasteiger partial charge in [-0.1, -0.05) is 13.8 Å². The van der Waals surface area contributed by atoms with Crippen LogP contribution < -0.4 is 15.4 Å². The number of aliphatic hydroxyl groups is 1. The van der Waals surface area contributed by atoms with Crippen molar-refractivity contribution in [2.24, 2.45) is 5.92 Å². The lowest BCUT2D eigenvalue weighted by Gasteiger charge is -2.27. The first kappa shape index (κ1) is 15.3. The van der Waals surface area contributed by atoms with Gasteiger partial charge in [0.05, 0.1) is 12.7 Å². The quantitative estimate of drug-likeness (QED) is 0.765. The first-order chi connectivity index (χ1) is 8.85. The fourth-order valence-corrected chi connectivity index (χ4v) is 1.31. The molecule has 2 amide bonds. The highest BCUT2D eigenvalue weighted by molar-refractivity contribution is 5.89. The molecule has 3 N–H and O–H groups in total. The Labute approximate surface area is 114 Å². The normalized spacial score (nSPS) is 13.8. The van der Waals surface area contributed by atoms with E-state index in [1.54, 1.807) is 38.3 Å². The average Bonchev–Trinajstić information content (AvgIpc) is 2.37. The Bertz CT molecular complexity index is 413. The maximum Gasteiger partial charge on any atom is 0.319 e. The highest BCUT2D eigenvalue weighted by atomic mass is 16.5. The standard InChI is InChI=1S/C14H22N2O3/c1-10(2)14(3,18)9-15-13(17)16-11-5-7-12(19-4)8-6-11/h5-8,10,18H,9H2,1-4H3,(H2,15,16,17)/t14-/m1/s1. The van der Waals surface area contributed by atoms with Gasteiger partial charge in [-0.3, -0.25) is 0 Å². The topological polar surface area (TPSA) is 70.6 Å². The molecule has 0 aliphatic carbocycles. The number of methoxy groups -OCH3 is 1. The second kappa shape index (κ2) is 6.43. The maximum absolute atomic E-state index is 11.7. The number of urea groups is 1. The van der Waals surface area contributed by atoms with Crippen molar-refractivity contribution in [3.05, 3.63) is 24.3 Å². The lowest BCUT2D eigenvalue weighted by Crippen LogP contribution is -2.45. The molecule has 5 nitrogen and oxygen atoms in total. The summed E-state index contributed by atoms with van der Waals surface area (Å²) >= 11 is 0. The summed E-state index contributed by atoms with van der Waals surface area (Å²) in [4.78, 5) is 11.7. The molecular formula is C14H22N2O3. The molecule has 0 aliphatic rings. The summed E-state index contributed by atoms with van der Waals surface area (Å²) in [6.07, 6.45) is 0. The Kier molecular flexibility index (Phi) is 5.18. The van der Waals surface area contributed by atoms with Gasteiger partial charge in [-0.15, -0.1) is 0 Å². The van der Waals surface area contributed by atoms with Crippen LogP contribution in [-0.4, -0.2) is 30.4 Å². The van der Waals surface area contributed by atoms with Crippen LogP contribution >= 0.6 is 0 Å². The van der Waals surface area contributed by atoms with Gasteiger partial charge in [0.2, 0.25) is 0 Å². The van der Waals surface area contributed by atoms with E-state index in [2.05, 4.69) is 10.6 Å². The third kappa shape index (κ3) is 4.79. The van der Waals surface area contributed by atoms with Crippen LogP contribution in [0.5, 0.6) is 5.75 Å². The first-order valence-electron chi connectivity index (χ1n) is 6.26. The molecule has 0 fully saturated rings. The SMILES string of the molecule is COc1ccc(NC(=O)NC[C@@](C)(O)C(C)C)cc1. The second-order valence-corrected chi connectivity index (χ2v) is 5.05. The molecule has 0 aliphatic heterocycles. The minimum absolute atomic E-state index is 0.0637. The van der Waals surface area contributed by atoms with Gasteiger partial charge in [0.1, 0.15) is 5.75 Å². The van der Waals surface area contributed by atoms with Crippen LogP contribution in [0, 0.1) is 5.92 Å². The van der Waals surface area contributed by atoms with Crippen LogP contribution in [0.15, 0.2) is 24.3 Å². The molecule has 1 aromatic rings. The second-order valence-electron chi connectivity index (χ2n) is 5.05. The number of amides is 2. The van der Waals surface area contributed by atoms with Crippen molar-refractivity contribution in [1.82, 2.24) is 5.32 Å². The molecule has 0 bridgehead atoms. The molecule has 0 saturated carbocycles. The van der Waals surface area contributed by atoms with Crippen LogP contribution in [0.2, 0.25) is 0 Å². The molecule has 1 rings (SSSR count). The van der Waals surface area contributed by atoms with E-state index in [9.17, 15) is 9.90 Å². The third-order valence-corrected chi connectivity index (χ3v) is 3.20. The van der Waals surface area contributed by atoms with E-state index in [1.165, 1.54) is 0 Å². The summed E-state index contributed by atoms with van der Waals surface area (Å²) in [5, 5.41) is 15.4. The van der Waals surface area contributed by atoms with Crippen LogP contribution in [0.25, 0.3) is 0 Å². The van der Waals surface area contributed by atoms with Crippen LogP contribution in [0.1, 0.15) is 20.8 Å². The summed E-state index contributed by atoms with van der Waals surface area (Å²) in [6, 6.07) is 6.68. The molecule has 0 spiro atoms. The molecule has 1 atom stereocenters. The van der Waals surface area contributed by atoms with Crippen molar-refractivity contribution >= 4 is 11.7 Å². The lowest BCUT2D eigenvalue weighted by molar-refractivity contribution is 0.0170. The smallest absolute Gasteiger partial charge is 0.319 e. The molecular weight excluding hydrogens is 244 g/mol. The molecule has 5 heteroatoms. The van der Waals surface area contributed by atoms with E-state index >= 15 is 0 Å². The number of benzene rings is 1. The average molecular weight is 266 g/mol. The van der Waals surface area contributed by atoms with Crippen molar-refractivity contribution in [3.63, 3.8) is 0 Å². The van der Waals surface area contributed by atoms with Crippen molar-refractivity contribution in [2.45, 2.75) is 26.4 Å². The summed E-state index contributed by atoms with van der Waals surface area (Å²) < 4.78 is 5.03. The summed E-state index contributed by atoms with van der Waals surface area (Å²) in [5.41, 5.74) is -0.250. The summed E-state index contributed by atoms with van der Waals surface area (Å²) in [7, 11) is 1.59. The predicted molar refractivity (Wildman–Crippen MR) is 75.5 cm³/mol. The fourth-order valence-electron chi connectivity index (χ4n) is 1.31. The van der Waals surface area contributed by atoms with Crippen LogP contribution in [0.4, 0.5) is 10.5 Å². The van der Waals surface area contributed by atoms with E-state index in [0.717, 1.165) is 5.75 Å². The van der Waals surface area contributed by atoms with Gasteiger partial charge >= 0.3 is 6.03 Å². The molecule has 0 aromatic heterocycles. The number of carbonyl (C=O) groups excluding carboxylic acids is 1. The van der Waals surface area contributed by atoms with Gasteiger partial charge in [-0.25, -0.2) is 4.79 Å². The van der Waals surface area contributed by atoms with Gasteiger partial charge in [-0.05, 0) is 37.1 Å². The minimum Gasteiger partial charge on any atom is -0.497 e. The molecule has 19 heavy (non-hydrogen) atoms. The monoisotopic (exact) mass is 266 g/mol. The zero-order chi connectivity index (χ0) is 14.5. The zero-order valence-corrected chi connectivity index (χ0v) is 11.9. The maximum atomic E-state index is 11.7. The highest BCUT2D eigenvalue weighted by Gasteiger charge is 2.25. The van der Waals surface area contributed by atoms with E-state index in [1.807, 2.05) is 13.8 Å². The molecule has 106 valence electrons. The van der Waals surface area contributed by atoms with E-state index in [0.29, 0.717) is 5.69 Å². The molecule has 0 saturated heterocycles. The van der Waals surface area contributed by atoms with Gasteiger partial charge in [-0.2, -0.15) is 0 Å². The number of hydrogen-bond acceptors (Lipinski definition) is 3. The number of nitrogens with one attached hydrogen (secondary N) is 2. The number of rotatable bonds is 5. The van der Waals surface area contributed by atoms with Gasteiger partial charge in [0, 0.05) is 12.2 Å². The Balaban J connectivity index is 2.47. The van der Waals surface area contributed by atoms with Crippen molar-refractivity contribution in [3.8, 4) is 5.75 Å². The van der Waals surface area contributed by atoms with Crippen molar-refractivity contribution in [1.29, 1.82) is 0 Å². The Morgan fingerprint density at radius 1 is 1.37 bits per heavy atom. The number of anilines is 1. The zero-order valence-electron chi connectivity index (χ0n) is 11.9. The Morgan fingerprint density at radius 3 is 2.42 bits per heavy atom. The first-order valence-corrected chi connectivity index (χ1v) is 6.26. The fraction of sp³-hybridized carbons (Fsp3) is 0.500. The van der Waals surface area contributed by atoms with E-state index < -0.39 is 5.60 Å². The number of carbonyl (C=O) groups is 1. The van der Waals surface area contributed by atoms with Crippen molar-refractivity contribution in [2.75, 3.05) is 19.0 Å². The summed E-state index contributed by atoms with van der Waals surface area (Å²) in [5.74, 6) is 0.794. The molecule has 0 radical (unpaired) electrons. The lowest BCUT2D eigenvalue weighted by atomic mass is 9.93. The predicted octanol–water partition coefficient (Wildman–Crippen LogP) is 2.22. The number of hydrogen-bond donors (Lipinski definition) is 3. The number of ether oxygens (including phenoxy) is 1. The van der Waals surface area contributed by atoms with Crippen LogP contribution in [0.3, 0.4) is 0 Å². The largest absolute Gasteiger partial charge is 0.497 e. The minimum atomic E-state index is -0.919. The van der Waals surface area contributed by atoms with Crippen LogP contribution in [-0.2, 0) is 0 Å². The van der Waals surface area contributed by atoms with Gasteiger partial charge < -0.3 is 20.5 Å². The Morgan fingerprint density at radius 2 is 1.95 bits per heavy atom. The molecule has 1 aromatic carbocycles.